The third-order valence-corrected chi connectivity index (χ3v) is 4.10. The minimum Gasteiger partial charge on any atom is -0.497 e. The SMILES string of the molecule is COc1ccc(C2NC(=O)c3cc(OC)c(OC)cc3N2)c(OC)c1. The number of hydrogen-bond acceptors (Lipinski definition) is 6. The molecule has 0 bridgehead atoms. The molecule has 1 aliphatic rings. The highest BCUT2D eigenvalue weighted by Crippen LogP contribution is 2.38. The Kier molecular flexibility index (Phi) is 4.56. The van der Waals surface area contributed by atoms with Gasteiger partial charge in [0.05, 0.1) is 39.7 Å². The van der Waals surface area contributed by atoms with E-state index in [1.165, 1.54) is 7.11 Å². The lowest BCUT2D eigenvalue weighted by molar-refractivity contribution is 0.0935. The van der Waals surface area contributed by atoms with E-state index in [4.69, 9.17) is 18.9 Å². The summed E-state index contributed by atoms with van der Waals surface area (Å²) in [5, 5.41) is 6.22. The number of benzene rings is 2. The zero-order chi connectivity index (χ0) is 18.0. The maximum Gasteiger partial charge on any atom is 0.255 e. The smallest absolute Gasteiger partial charge is 0.255 e. The molecule has 0 radical (unpaired) electrons. The first-order chi connectivity index (χ1) is 12.1. The number of ether oxygens (including phenoxy) is 4. The van der Waals surface area contributed by atoms with E-state index in [0.717, 1.165) is 5.56 Å². The van der Waals surface area contributed by atoms with Crippen LogP contribution in [0.25, 0.3) is 0 Å². The number of rotatable bonds is 5. The van der Waals surface area contributed by atoms with Crippen molar-refractivity contribution in [3.05, 3.63) is 41.5 Å². The minimum atomic E-state index is -0.445. The first kappa shape index (κ1) is 16.8. The molecule has 7 heteroatoms. The van der Waals surface area contributed by atoms with Gasteiger partial charge < -0.3 is 29.6 Å². The summed E-state index contributed by atoms with van der Waals surface area (Å²) in [5.74, 6) is 2.12. The number of amides is 1. The molecule has 3 rings (SSSR count). The summed E-state index contributed by atoms with van der Waals surface area (Å²) in [7, 11) is 6.25. The molecule has 132 valence electrons. The molecule has 0 saturated heterocycles. The van der Waals surface area contributed by atoms with Crippen LogP contribution in [-0.4, -0.2) is 34.3 Å². The predicted octanol–water partition coefficient (Wildman–Crippen LogP) is 2.58. The van der Waals surface area contributed by atoms with Crippen LogP contribution < -0.4 is 29.6 Å². The monoisotopic (exact) mass is 344 g/mol. The van der Waals surface area contributed by atoms with Gasteiger partial charge in [-0.3, -0.25) is 4.79 Å². The van der Waals surface area contributed by atoms with Crippen molar-refractivity contribution < 1.29 is 23.7 Å². The van der Waals surface area contributed by atoms with Crippen LogP contribution in [0.1, 0.15) is 22.1 Å². The average Bonchev–Trinajstić information content (AvgIpc) is 2.66. The highest BCUT2D eigenvalue weighted by molar-refractivity contribution is 6.02. The van der Waals surface area contributed by atoms with E-state index < -0.39 is 6.17 Å². The van der Waals surface area contributed by atoms with E-state index >= 15 is 0 Å². The fourth-order valence-corrected chi connectivity index (χ4v) is 2.80. The molecule has 1 aliphatic heterocycles. The lowest BCUT2D eigenvalue weighted by Gasteiger charge is -2.29. The lowest BCUT2D eigenvalue weighted by atomic mass is 10.0. The molecular weight excluding hydrogens is 324 g/mol. The maximum absolute atomic E-state index is 12.5. The lowest BCUT2D eigenvalue weighted by Crippen LogP contribution is -2.38. The van der Waals surface area contributed by atoms with Gasteiger partial charge in [0.2, 0.25) is 0 Å². The Hall–Kier alpha value is -3.09. The molecular formula is C18H20N2O5. The van der Waals surface area contributed by atoms with Crippen LogP contribution in [0.15, 0.2) is 30.3 Å². The number of methoxy groups -OCH3 is 4. The summed E-state index contributed by atoms with van der Waals surface area (Å²) in [5.41, 5.74) is 1.93. The molecule has 25 heavy (non-hydrogen) atoms. The Morgan fingerprint density at radius 3 is 2.12 bits per heavy atom. The summed E-state index contributed by atoms with van der Waals surface area (Å²) < 4.78 is 21.2. The Bertz CT molecular complexity index is 806. The van der Waals surface area contributed by atoms with Crippen LogP contribution in [0.3, 0.4) is 0 Å². The zero-order valence-corrected chi connectivity index (χ0v) is 14.5. The number of fused-ring (bicyclic) bond motifs is 1. The fourth-order valence-electron chi connectivity index (χ4n) is 2.80. The number of nitrogens with one attached hydrogen (secondary N) is 2. The molecule has 1 amide bonds. The zero-order valence-electron chi connectivity index (χ0n) is 14.5. The van der Waals surface area contributed by atoms with Crippen molar-refractivity contribution in [2.45, 2.75) is 6.17 Å². The molecule has 0 aromatic heterocycles. The van der Waals surface area contributed by atoms with Gasteiger partial charge in [-0.25, -0.2) is 0 Å². The van der Waals surface area contributed by atoms with Gasteiger partial charge in [0.15, 0.2) is 11.5 Å². The third kappa shape index (κ3) is 3.00. The van der Waals surface area contributed by atoms with Crippen molar-refractivity contribution in [2.75, 3.05) is 33.8 Å². The Morgan fingerprint density at radius 1 is 0.800 bits per heavy atom. The standard InChI is InChI=1S/C18H20N2O5/c1-22-10-5-6-11(14(7-10)23-2)17-19-13-9-16(25-4)15(24-3)8-12(13)18(21)20-17/h5-9,17,19H,1-4H3,(H,20,21). The first-order valence-corrected chi connectivity index (χ1v) is 7.66. The number of carbonyl (C=O) groups is 1. The van der Waals surface area contributed by atoms with Gasteiger partial charge in [-0.2, -0.15) is 0 Å². The fraction of sp³-hybridized carbons (Fsp3) is 0.278. The molecule has 0 saturated carbocycles. The number of carbonyl (C=O) groups excluding carboxylic acids is 1. The summed E-state index contributed by atoms with van der Waals surface area (Å²) >= 11 is 0. The molecule has 2 N–H and O–H groups in total. The van der Waals surface area contributed by atoms with Gasteiger partial charge >= 0.3 is 0 Å². The normalized spacial score (nSPS) is 15.5. The predicted molar refractivity (Wildman–Crippen MR) is 92.9 cm³/mol. The van der Waals surface area contributed by atoms with Crippen molar-refractivity contribution in [1.29, 1.82) is 0 Å². The second-order valence-electron chi connectivity index (χ2n) is 5.41. The van der Waals surface area contributed by atoms with Gasteiger partial charge in [-0.15, -0.1) is 0 Å². The topological polar surface area (TPSA) is 78.1 Å². The Morgan fingerprint density at radius 2 is 1.48 bits per heavy atom. The largest absolute Gasteiger partial charge is 0.497 e. The van der Waals surface area contributed by atoms with Crippen LogP contribution in [-0.2, 0) is 0 Å². The summed E-state index contributed by atoms with van der Waals surface area (Å²) in [4.78, 5) is 12.5. The molecule has 2 aromatic rings. The second-order valence-corrected chi connectivity index (χ2v) is 5.41. The van der Waals surface area contributed by atoms with Crippen molar-refractivity contribution in [3.63, 3.8) is 0 Å². The summed E-state index contributed by atoms with van der Waals surface area (Å²) in [6.45, 7) is 0. The molecule has 2 aromatic carbocycles. The maximum atomic E-state index is 12.5. The van der Waals surface area contributed by atoms with Crippen molar-refractivity contribution >= 4 is 11.6 Å². The summed E-state index contributed by atoms with van der Waals surface area (Å²) in [6.07, 6.45) is -0.445. The van der Waals surface area contributed by atoms with Crippen LogP contribution in [0.2, 0.25) is 0 Å². The van der Waals surface area contributed by atoms with E-state index in [2.05, 4.69) is 10.6 Å². The average molecular weight is 344 g/mol. The minimum absolute atomic E-state index is 0.211. The van der Waals surface area contributed by atoms with E-state index in [1.807, 2.05) is 12.1 Å². The van der Waals surface area contributed by atoms with Gasteiger partial charge in [0, 0.05) is 17.7 Å². The third-order valence-electron chi connectivity index (χ3n) is 4.10. The summed E-state index contributed by atoms with van der Waals surface area (Å²) in [6, 6.07) is 8.83. The van der Waals surface area contributed by atoms with Gasteiger partial charge in [-0.05, 0) is 18.2 Å². The molecule has 7 nitrogen and oxygen atoms in total. The highest BCUT2D eigenvalue weighted by Gasteiger charge is 2.28. The van der Waals surface area contributed by atoms with E-state index in [-0.39, 0.29) is 5.91 Å². The highest BCUT2D eigenvalue weighted by atomic mass is 16.5. The second kappa shape index (κ2) is 6.80. The van der Waals surface area contributed by atoms with Crippen molar-refractivity contribution in [1.82, 2.24) is 5.32 Å². The van der Waals surface area contributed by atoms with Crippen molar-refractivity contribution in [3.8, 4) is 23.0 Å². The molecule has 0 aliphatic carbocycles. The number of anilines is 1. The van der Waals surface area contributed by atoms with Crippen LogP contribution >= 0.6 is 0 Å². The quantitative estimate of drug-likeness (QED) is 0.868. The Balaban J connectivity index is 2.00. The first-order valence-electron chi connectivity index (χ1n) is 7.66. The van der Waals surface area contributed by atoms with E-state index in [0.29, 0.717) is 34.2 Å². The van der Waals surface area contributed by atoms with E-state index in [1.54, 1.807) is 39.5 Å². The Labute approximate surface area is 145 Å². The van der Waals surface area contributed by atoms with Gasteiger partial charge in [0.25, 0.3) is 5.91 Å². The molecule has 0 spiro atoms. The number of hydrogen-bond donors (Lipinski definition) is 2. The van der Waals surface area contributed by atoms with Crippen LogP contribution in [0.4, 0.5) is 5.69 Å². The molecule has 0 fully saturated rings. The van der Waals surface area contributed by atoms with Crippen LogP contribution in [0.5, 0.6) is 23.0 Å². The van der Waals surface area contributed by atoms with Gasteiger partial charge in [-0.1, -0.05) is 0 Å². The van der Waals surface area contributed by atoms with E-state index in [9.17, 15) is 4.79 Å². The van der Waals surface area contributed by atoms with Crippen molar-refractivity contribution in [2.24, 2.45) is 0 Å². The van der Waals surface area contributed by atoms with Crippen LogP contribution in [0, 0.1) is 0 Å². The molecule has 1 atom stereocenters. The molecule has 1 unspecified atom stereocenters. The molecule has 1 heterocycles. The van der Waals surface area contributed by atoms with Gasteiger partial charge in [0.1, 0.15) is 17.7 Å².